The Morgan fingerprint density at radius 1 is 1.12 bits per heavy atom. The molecule has 0 bridgehead atoms. The van der Waals surface area contributed by atoms with E-state index in [-0.39, 0.29) is 0 Å². The van der Waals surface area contributed by atoms with Gasteiger partial charge in [0, 0.05) is 12.3 Å². The Balaban J connectivity index is 1.90. The fourth-order valence-electron chi connectivity index (χ4n) is 2.26. The number of hydrogen-bond donors (Lipinski definition) is 1. The highest BCUT2D eigenvalue weighted by atomic mass is 32.2. The summed E-state index contributed by atoms with van der Waals surface area (Å²) in [5.74, 6) is 3.68. The quantitative estimate of drug-likeness (QED) is 0.660. The Morgan fingerprint density at radius 3 is 2.44 bits per heavy atom. The second-order valence-corrected chi connectivity index (χ2v) is 5.85. The van der Waals surface area contributed by atoms with Crippen molar-refractivity contribution in [3.05, 3.63) is 0 Å². The van der Waals surface area contributed by atoms with E-state index in [2.05, 4.69) is 35.8 Å². The Kier molecular flexibility index (Phi) is 8.34. The molecule has 0 aromatic heterocycles. The van der Waals surface area contributed by atoms with Gasteiger partial charge in [0.15, 0.2) is 0 Å². The maximum Gasteiger partial charge on any atom is 0.00721 e. The van der Waals surface area contributed by atoms with E-state index in [1.807, 2.05) is 0 Å². The first-order valence-corrected chi connectivity index (χ1v) is 8.03. The Bertz CT molecular complexity index is 154. The molecule has 1 fully saturated rings. The van der Waals surface area contributed by atoms with Crippen molar-refractivity contribution in [2.75, 3.05) is 44.2 Å². The maximum atomic E-state index is 3.43. The van der Waals surface area contributed by atoms with Crippen LogP contribution in [0.25, 0.3) is 0 Å². The molecule has 16 heavy (non-hydrogen) atoms. The van der Waals surface area contributed by atoms with Gasteiger partial charge in [0.2, 0.25) is 0 Å². The molecule has 1 N–H and O–H groups in total. The predicted molar refractivity (Wildman–Crippen MR) is 75.3 cm³/mol. The van der Waals surface area contributed by atoms with Crippen molar-refractivity contribution in [3.63, 3.8) is 0 Å². The minimum Gasteiger partial charge on any atom is -0.317 e. The Hall–Kier alpha value is 0.270. The van der Waals surface area contributed by atoms with Gasteiger partial charge in [-0.1, -0.05) is 13.8 Å². The van der Waals surface area contributed by atoms with Gasteiger partial charge in [0.05, 0.1) is 0 Å². The molecule has 0 radical (unpaired) electrons. The van der Waals surface area contributed by atoms with E-state index in [1.54, 1.807) is 0 Å². The minimum absolute atomic E-state index is 1.00. The number of piperidine rings is 1. The SMILES string of the molecule is CCN(CC)CCSCCC1CCNCC1. The normalized spacial score (nSPS) is 18.2. The molecule has 0 aromatic rings. The van der Waals surface area contributed by atoms with Crippen LogP contribution < -0.4 is 5.32 Å². The van der Waals surface area contributed by atoms with Crippen LogP contribution >= 0.6 is 11.8 Å². The first-order chi connectivity index (χ1) is 7.86. The summed E-state index contributed by atoms with van der Waals surface area (Å²) in [6, 6.07) is 0. The molecule has 1 aliphatic heterocycles. The lowest BCUT2D eigenvalue weighted by atomic mass is 9.96. The van der Waals surface area contributed by atoms with Crippen molar-refractivity contribution in [2.24, 2.45) is 5.92 Å². The van der Waals surface area contributed by atoms with Crippen molar-refractivity contribution in [1.29, 1.82) is 0 Å². The van der Waals surface area contributed by atoms with Crippen molar-refractivity contribution in [2.45, 2.75) is 33.1 Å². The van der Waals surface area contributed by atoms with Crippen LogP contribution in [-0.4, -0.2) is 49.1 Å². The summed E-state index contributed by atoms with van der Waals surface area (Å²) in [6.45, 7) is 10.7. The molecule has 0 saturated carbocycles. The summed E-state index contributed by atoms with van der Waals surface area (Å²) < 4.78 is 0. The zero-order chi connectivity index (χ0) is 11.6. The summed E-state index contributed by atoms with van der Waals surface area (Å²) in [5.41, 5.74) is 0. The third kappa shape index (κ3) is 6.12. The molecule has 1 aliphatic rings. The lowest BCUT2D eigenvalue weighted by Gasteiger charge is -2.22. The van der Waals surface area contributed by atoms with Gasteiger partial charge >= 0.3 is 0 Å². The number of hydrogen-bond acceptors (Lipinski definition) is 3. The van der Waals surface area contributed by atoms with Gasteiger partial charge < -0.3 is 10.2 Å². The van der Waals surface area contributed by atoms with Crippen LogP contribution in [0.1, 0.15) is 33.1 Å². The number of thioether (sulfide) groups is 1. The van der Waals surface area contributed by atoms with Gasteiger partial charge in [-0.15, -0.1) is 0 Å². The molecular formula is C13H28N2S. The second-order valence-electron chi connectivity index (χ2n) is 4.62. The van der Waals surface area contributed by atoms with Crippen LogP contribution in [-0.2, 0) is 0 Å². The molecule has 0 unspecified atom stereocenters. The highest BCUT2D eigenvalue weighted by Crippen LogP contribution is 2.18. The summed E-state index contributed by atoms with van der Waals surface area (Å²) in [5, 5.41) is 3.43. The van der Waals surface area contributed by atoms with E-state index in [0.717, 1.165) is 5.92 Å². The monoisotopic (exact) mass is 244 g/mol. The van der Waals surface area contributed by atoms with Crippen LogP contribution in [0.5, 0.6) is 0 Å². The molecule has 0 aromatic carbocycles. The van der Waals surface area contributed by atoms with Gasteiger partial charge in [0.25, 0.3) is 0 Å². The minimum atomic E-state index is 1.00. The lowest BCUT2D eigenvalue weighted by Crippen LogP contribution is -2.28. The van der Waals surface area contributed by atoms with Crippen molar-refractivity contribution >= 4 is 11.8 Å². The van der Waals surface area contributed by atoms with Gasteiger partial charge in [-0.2, -0.15) is 11.8 Å². The summed E-state index contributed by atoms with van der Waals surface area (Å²) >= 11 is 2.14. The lowest BCUT2D eigenvalue weighted by molar-refractivity contribution is 0.323. The highest BCUT2D eigenvalue weighted by molar-refractivity contribution is 7.99. The third-order valence-corrected chi connectivity index (χ3v) is 4.57. The number of nitrogens with zero attached hydrogens (tertiary/aromatic N) is 1. The molecule has 2 nitrogen and oxygen atoms in total. The van der Waals surface area contributed by atoms with E-state index < -0.39 is 0 Å². The van der Waals surface area contributed by atoms with E-state index >= 15 is 0 Å². The zero-order valence-electron chi connectivity index (χ0n) is 11.0. The molecule has 0 spiro atoms. The fraction of sp³-hybridized carbons (Fsp3) is 1.00. The smallest absolute Gasteiger partial charge is 0.00721 e. The average molecular weight is 244 g/mol. The molecule has 3 heteroatoms. The van der Waals surface area contributed by atoms with Crippen LogP contribution in [0.3, 0.4) is 0 Å². The van der Waals surface area contributed by atoms with Crippen LogP contribution in [0.4, 0.5) is 0 Å². The highest BCUT2D eigenvalue weighted by Gasteiger charge is 2.12. The number of rotatable bonds is 8. The van der Waals surface area contributed by atoms with E-state index in [1.165, 1.54) is 63.5 Å². The van der Waals surface area contributed by atoms with E-state index in [4.69, 9.17) is 0 Å². The van der Waals surface area contributed by atoms with Crippen LogP contribution in [0, 0.1) is 5.92 Å². The van der Waals surface area contributed by atoms with Crippen molar-refractivity contribution in [3.8, 4) is 0 Å². The molecule has 1 rings (SSSR count). The van der Waals surface area contributed by atoms with E-state index in [9.17, 15) is 0 Å². The average Bonchev–Trinajstić information content (AvgIpc) is 2.35. The Morgan fingerprint density at radius 2 is 1.81 bits per heavy atom. The molecule has 1 saturated heterocycles. The second kappa shape index (κ2) is 9.32. The van der Waals surface area contributed by atoms with Gasteiger partial charge in [-0.25, -0.2) is 0 Å². The van der Waals surface area contributed by atoms with Crippen molar-refractivity contribution in [1.82, 2.24) is 10.2 Å². The zero-order valence-corrected chi connectivity index (χ0v) is 11.8. The molecule has 0 aliphatic carbocycles. The largest absolute Gasteiger partial charge is 0.317 e. The fourth-order valence-corrected chi connectivity index (χ4v) is 3.35. The van der Waals surface area contributed by atoms with Crippen LogP contribution in [0.15, 0.2) is 0 Å². The maximum absolute atomic E-state index is 3.43. The molecule has 0 atom stereocenters. The third-order valence-electron chi connectivity index (χ3n) is 3.58. The van der Waals surface area contributed by atoms with Gasteiger partial charge in [-0.3, -0.25) is 0 Å². The predicted octanol–water partition coefficient (Wildman–Crippen LogP) is 2.45. The molecule has 96 valence electrons. The first-order valence-electron chi connectivity index (χ1n) is 6.87. The Labute approximate surface area is 106 Å². The van der Waals surface area contributed by atoms with Crippen LogP contribution in [0.2, 0.25) is 0 Å². The van der Waals surface area contributed by atoms with E-state index in [0.29, 0.717) is 0 Å². The topological polar surface area (TPSA) is 15.3 Å². The standard InChI is InChI=1S/C13H28N2S/c1-3-15(4-2)10-12-16-11-7-13-5-8-14-9-6-13/h13-14H,3-12H2,1-2H3. The number of nitrogens with one attached hydrogen (secondary N) is 1. The summed E-state index contributed by atoms with van der Waals surface area (Å²) in [4.78, 5) is 2.51. The first kappa shape index (κ1) is 14.3. The van der Waals surface area contributed by atoms with Gasteiger partial charge in [-0.05, 0) is 57.1 Å². The molecule has 1 heterocycles. The molecular weight excluding hydrogens is 216 g/mol. The molecule has 0 amide bonds. The summed E-state index contributed by atoms with van der Waals surface area (Å²) in [6.07, 6.45) is 4.23. The van der Waals surface area contributed by atoms with Gasteiger partial charge in [0.1, 0.15) is 0 Å². The van der Waals surface area contributed by atoms with Crippen molar-refractivity contribution < 1.29 is 0 Å². The summed E-state index contributed by atoms with van der Waals surface area (Å²) in [7, 11) is 0.